The predicted octanol–water partition coefficient (Wildman–Crippen LogP) is 3.23. The summed E-state index contributed by atoms with van der Waals surface area (Å²) < 4.78 is 4.69. The number of nitrogens with zero attached hydrogens (tertiary/aromatic N) is 1. The van der Waals surface area contributed by atoms with E-state index in [0.29, 0.717) is 24.3 Å². The Labute approximate surface area is 176 Å². The summed E-state index contributed by atoms with van der Waals surface area (Å²) in [4.78, 5) is 26.7. The Balaban J connectivity index is 1.95. The fourth-order valence-electron chi connectivity index (χ4n) is 2.90. The monoisotopic (exact) mass is 413 g/mol. The maximum absolute atomic E-state index is 12.2. The Kier molecular flexibility index (Phi) is 8.99. The maximum atomic E-state index is 12.2. The molecule has 0 aromatic carbocycles. The second-order valence-electron chi connectivity index (χ2n) is 6.85. The molecule has 1 saturated heterocycles. The molecule has 2 heterocycles. The molecule has 2 rings (SSSR count). The summed E-state index contributed by atoms with van der Waals surface area (Å²) in [6.07, 6.45) is 5.74. The molecule has 1 amide bonds. The van der Waals surface area contributed by atoms with E-state index in [1.54, 1.807) is 23.1 Å². The van der Waals surface area contributed by atoms with Crippen LogP contribution < -0.4 is 0 Å². The van der Waals surface area contributed by atoms with E-state index in [4.69, 9.17) is 0 Å². The summed E-state index contributed by atoms with van der Waals surface area (Å²) >= 11 is 1.27. The minimum Gasteiger partial charge on any atom is -0.465 e. The van der Waals surface area contributed by atoms with Crippen LogP contribution in [0.1, 0.15) is 54.1 Å². The van der Waals surface area contributed by atoms with E-state index in [1.165, 1.54) is 18.4 Å². The summed E-state index contributed by atoms with van der Waals surface area (Å²) in [5.41, 5.74) is 0. The number of aliphatic hydroxyl groups excluding tert-OH is 1. The van der Waals surface area contributed by atoms with Gasteiger partial charge in [-0.3, -0.25) is 4.79 Å². The van der Waals surface area contributed by atoms with Crippen molar-refractivity contribution < 1.29 is 19.4 Å². The number of hydrogen-bond acceptors (Lipinski definition) is 5. The summed E-state index contributed by atoms with van der Waals surface area (Å²) in [6.45, 7) is 4.28. The smallest absolute Gasteiger partial charge is 0.348 e. The van der Waals surface area contributed by atoms with Crippen molar-refractivity contribution in [1.82, 2.24) is 4.90 Å². The number of likely N-dealkylation sites (tertiary alicyclic amines) is 1. The van der Waals surface area contributed by atoms with Crippen molar-refractivity contribution in [2.24, 2.45) is 5.92 Å². The first-order valence-corrected chi connectivity index (χ1v) is 10.6. The molecule has 0 saturated carbocycles. The number of amides is 1. The standard InChI is InChI=1S/C23H27NO4S/c1-4-5-6-8-17(2)20(25)13-10-18-11-15-22(26)24(18)16-7-9-19-12-14-21(29-19)23(27)28-3/h10,12-14,17-18,20,25H,4,8,11,15-16H2,1-3H3/b13-10+/t17?,18-,20+/m0/s1. The first kappa shape index (κ1) is 22.7. The summed E-state index contributed by atoms with van der Waals surface area (Å²) in [7, 11) is 1.34. The van der Waals surface area contributed by atoms with Crippen LogP contribution in [0.15, 0.2) is 24.3 Å². The molecule has 29 heavy (non-hydrogen) atoms. The third-order valence-electron chi connectivity index (χ3n) is 4.67. The molecule has 0 aliphatic carbocycles. The number of carbonyl (C=O) groups is 2. The Morgan fingerprint density at radius 3 is 2.93 bits per heavy atom. The molecular formula is C23H27NO4S. The molecule has 6 heteroatoms. The lowest BCUT2D eigenvalue weighted by molar-refractivity contribution is -0.127. The highest BCUT2D eigenvalue weighted by molar-refractivity contribution is 7.14. The summed E-state index contributed by atoms with van der Waals surface area (Å²) in [6, 6.07) is 3.39. The molecule has 1 unspecified atom stereocenters. The van der Waals surface area contributed by atoms with Crippen LogP contribution in [0.2, 0.25) is 0 Å². The van der Waals surface area contributed by atoms with Gasteiger partial charge in [0.2, 0.25) is 5.91 Å². The SMILES string of the molecule is CCC#CCC(C)[C@H](O)/C=C/[C@H]1CCC(=O)N1CC#Cc1ccc(C(=O)OC)s1. The van der Waals surface area contributed by atoms with Crippen molar-refractivity contribution in [3.8, 4) is 23.7 Å². The quantitative estimate of drug-likeness (QED) is 0.442. The predicted molar refractivity (Wildman–Crippen MR) is 114 cm³/mol. The molecule has 1 aliphatic heterocycles. The van der Waals surface area contributed by atoms with E-state index in [2.05, 4.69) is 28.4 Å². The molecule has 0 bridgehead atoms. The fraction of sp³-hybridized carbons (Fsp3) is 0.478. The highest BCUT2D eigenvalue weighted by atomic mass is 32.1. The lowest BCUT2D eigenvalue weighted by Gasteiger charge is -2.20. The van der Waals surface area contributed by atoms with Crippen LogP contribution in [0.25, 0.3) is 0 Å². The fourth-order valence-corrected chi connectivity index (χ4v) is 3.70. The van der Waals surface area contributed by atoms with Crippen LogP contribution in [0.3, 0.4) is 0 Å². The third-order valence-corrected chi connectivity index (χ3v) is 5.65. The molecular weight excluding hydrogens is 386 g/mol. The maximum Gasteiger partial charge on any atom is 0.348 e. The number of ether oxygens (including phenoxy) is 1. The zero-order chi connectivity index (χ0) is 21.2. The number of aliphatic hydroxyl groups is 1. The first-order valence-electron chi connectivity index (χ1n) is 9.74. The van der Waals surface area contributed by atoms with Gasteiger partial charge in [0, 0.05) is 19.3 Å². The molecule has 0 spiro atoms. The van der Waals surface area contributed by atoms with Crippen LogP contribution in [-0.4, -0.2) is 47.7 Å². The summed E-state index contributed by atoms with van der Waals surface area (Å²) in [5, 5.41) is 10.3. The van der Waals surface area contributed by atoms with Gasteiger partial charge in [-0.25, -0.2) is 4.79 Å². The van der Waals surface area contributed by atoms with Gasteiger partial charge in [0.25, 0.3) is 0 Å². The van der Waals surface area contributed by atoms with Gasteiger partial charge in [0.05, 0.1) is 30.7 Å². The van der Waals surface area contributed by atoms with E-state index >= 15 is 0 Å². The van der Waals surface area contributed by atoms with Gasteiger partial charge in [-0.05, 0) is 24.5 Å². The lowest BCUT2D eigenvalue weighted by Crippen LogP contribution is -2.32. The van der Waals surface area contributed by atoms with Gasteiger partial charge in [-0.2, -0.15) is 0 Å². The van der Waals surface area contributed by atoms with Crippen LogP contribution in [0.4, 0.5) is 0 Å². The molecule has 1 aromatic heterocycles. The van der Waals surface area contributed by atoms with Crippen molar-refractivity contribution in [3.63, 3.8) is 0 Å². The van der Waals surface area contributed by atoms with E-state index in [9.17, 15) is 14.7 Å². The third kappa shape index (κ3) is 6.78. The van der Waals surface area contributed by atoms with Crippen LogP contribution >= 0.6 is 11.3 Å². The minimum absolute atomic E-state index is 0.0403. The topological polar surface area (TPSA) is 66.8 Å². The summed E-state index contributed by atoms with van der Waals surface area (Å²) in [5.74, 6) is 11.8. The van der Waals surface area contributed by atoms with Gasteiger partial charge in [0.1, 0.15) is 4.88 Å². The van der Waals surface area contributed by atoms with Gasteiger partial charge >= 0.3 is 5.97 Å². The first-order chi connectivity index (χ1) is 14.0. The van der Waals surface area contributed by atoms with Gasteiger partial charge < -0.3 is 14.7 Å². The highest BCUT2D eigenvalue weighted by Gasteiger charge is 2.28. The van der Waals surface area contributed by atoms with Crippen LogP contribution in [0, 0.1) is 29.6 Å². The van der Waals surface area contributed by atoms with Crippen molar-refractivity contribution in [1.29, 1.82) is 0 Å². The number of thiophene rings is 1. The second kappa shape index (κ2) is 11.5. The zero-order valence-electron chi connectivity index (χ0n) is 17.1. The van der Waals surface area contributed by atoms with Crippen molar-refractivity contribution in [2.45, 2.75) is 51.7 Å². The van der Waals surface area contributed by atoms with Gasteiger partial charge in [0.15, 0.2) is 0 Å². The number of hydrogen-bond donors (Lipinski definition) is 1. The zero-order valence-corrected chi connectivity index (χ0v) is 17.9. The van der Waals surface area contributed by atoms with Crippen LogP contribution in [0.5, 0.6) is 0 Å². The number of rotatable bonds is 6. The normalized spacial score (nSPS) is 18.0. The molecule has 0 radical (unpaired) electrons. The number of methoxy groups -OCH3 is 1. The molecule has 5 nitrogen and oxygen atoms in total. The Hall–Kier alpha value is -2.54. The minimum atomic E-state index is -0.590. The van der Waals surface area contributed by atoms with Crippen molar-refractivity contribution in [3.05, 3.63) is 34.0 Å². The molecule has 1 fully saturated rings. The number of esters is 1. The van der Waals surface area contributed by atoms with E-state index in [1.807, 2.05) is 19.9 Å². The number of carbonyl (C=O) groups excluding carboxylic acids is 2. The van der Waals surface area contributed by atoms with E-state index < -0.39 is 6.10 Å². The Morgan fingerprint density at radius 2 is 2.21 bits per heavy atom. The largest absolute Gasteiger partial charge is 0.465 e. The average Bonchev–Trinajstić information content (AvgIpc) is 3.33. The molecule has 1 aliphatic rings. The van der Waals surface area contributed by atoms with Crippen molar-refractivity contribution in [2.75, 3.05) is 13.7 Å². The molecule has 3 atom stereocenters. The highest BCUT2D eigenvalue weighted by Crippen LogP contribution is 2.21. The molecule has 1 N–H and O–H groups in total. The second-order valence-corrected chi connectivity index (χ2v) is 7.93. The lowest BCUT2D eigenvalue weighted by atomic mass is 10.00. The Morgan fingerprint density at radius 1 is 1.41 bits per heavy atom. The molecule has 154 valence electrons. The van der Waals surface area contributed by atoms with Gasteiger partial charge in [-0.1, -0.05) is 37.8 Å². The van der Waals surface area contributed by atoms with E-state index in [-0.39, 0.29) is 23.8 Å². The Bertz CT molecular complexity index is 865. The van der Waals surface area contributed by atoms with Gasteiger partial charge in [-0.15, -0.1) is 23.2 Å². The molecule has 1 aromatic rings. The average molecular weight is 414 g/mol. The van der Waals surface area contributed by atoms with Crippen LogP contribution in [-0.2, 0) is 9.53 Å². The van der Waals surface area contributed by atoms with Crippen molar-refractivity contribution >= 4 is 23.2 Å². The van der Waals surface area contributed by atoms with E-state index in [0.717, 1.165) is 17.7 Å².